The number of ether oxygens (including phenoxy) is 1. The van der Waals surface area contributed by atoms with Crippen molar-refractivity contribution in [2.45, 2.75) is 13.5 Å². The van der Waals surface area contributed by atoms with Crippen LogP contribution in [0.4, 0.5) is 0 Å². The fourth-order valence-corrected chi connectivity index (χ4v) is 2.82. The molecule has 0 amide bonds. The van der Waals surface area contributed by atoms with Crippen LogP contribution in [-0.2, 0) is 6.54 Å². The molecule has 0 spiro atoms. The van der Waals surface area contributed by atoms with Crippen LogP contribution in [0.25, 0.3) is 10.9 Å². The highest BCUT2D eigenvalue weighted by molar-refractivity contribution is 6.30. The van der Waals surface area contributed by atoms with Crippen LogP contribution in [-0.4, -0.2) is 29.7 Å². The van der Waals surface area contributed by atoms with Crippen molar-refractivity contribution in [3.05, 3.63) is 69.7 Å². The minimum atomic E-state index is -0.0894. The van der Waals surface area contributed by atoms with E-state index in [1.807, 2.05) is 42.5 Å². The fraction of sp³-hybridized carbons (Fsp3) is 0.263. The number of H-pyrrole nitrogens is 1. The molecule has 1 aromatic heterocycles. The molecular weight excluding hydrogens is 338 g/mol. The van der Waals surface area contributed by atoms with E-state index in [1.165, 1.54) is 4.90 Å². The van der Waals surface area contributed by atoms with E-state index in [2.05, 4.69) is 16.9 Å². The molecule has 0 saturated carbocycles. The van der Waals surface area contributed by atoms with Crippen LogP contribution in [0.3, 0.4) is 0 Å². The normalized spacial score (nSPS) is 12.2. The highest BCUT2D eigenvalue weighted by atomic mass is 35.5. The first-order chi connectivity index (χ1) is 12.2. The monoisotopic (exact) mass is 358 g/mol. The number of nitrogens with zero attached hydrogens (tertiary/aromatic N) is 1. The Morgan fingerprint density at radius 1 is 1.16 bits per heavy atom. The number of benzene rings is 2. The lowest BCUT2D eigenvalue weighted by Crippen LogP contribution is -3.11. The van der Waals surface area contributed by atoms with Gasteiger partial charge in [0.2, 0.25) is 0 Å². The van der Waals surface area contributed by atoms with E-state index in [9.17, 15) is 4.79 Å². The third kappa shape index (κ3) is 4.59. The Kier molecular flexibility index (Phi) is 5.68. The predicted octanol–water partition coefficient (Wildman–Crippen LogP) is 2.06. The highest BCUT2D eigenvalue weighted by Crippen LogP contribution is 2.15. The number of hydrogen-bond donors (Lipinski definition) is 2. The van der Waals surface area contributed by atoms with Gasteiger partial charge in [-0.2, -0.15) is 0 Å². The van der Waals surface area contributed by atoms with Gasteiger partial charge in [0.25, 0.3) is 5.56 Å². The summed E-state index contributed by atoms with van der Waals surface area (Å²) < 4.78 is 5.75. The van der Waals surface area contributed by atoms with Gasteiger partial charge < -0.3 is 14.6 Å². The minimum Gasteiger partial charge on any atom is -0.488 e. The highest BCUT2D eigenvalue weighted by Gasteiger charge is 2.11. The Morgan fingerprint density at radius 2 is 1.92 bits per heavy atom. The molecule has 3 rings (SSSR count). The second kappa shape index (κ2) is 8.14. The first kappa shape index (κ1) is 17.5. The van der Waals surface area contributed by atoms with Gasteiger partial charge in [-0.3, -0.25) is 4.79 Å². The molecule has 5 nitrogen and oxygen atoms in total. The topological polar surface area (TPSA) is 59.4 Å². The number of likely N-dealkylation sites (N-methyl/N-ethyl adjacent to an activating group) is 1. The van der Waals surface area contributed by atoms with Crippen molar-refractivity contribution in [3.63, 3.8) is 0 Å². The second-order valence-electron chi connectivity index (χ2n) is 5.86. The number of hydrogen-bond acceptors (Lipinski definition) is 3. The van der Waals surface area contributed by atoms with Crippen molar-refractivity contribution in [1.82, 2.24) is 9.97 Å². The van der Waals surface area contributed by atoms with Crippen LogP contribution in [0.15, 0.2) is 53.3 Å². The number of aromatic amines is 1. The summed E-state index contributed by atoms with van der Waals surface area (Å²) in [5, 5.41) is 1.31. The molecule has 6 heteroatoms. The Balaban J connectivity index is 1.62. The molecule has 1 atom stereocenters. The Hall–Kier alpha value is -2.37. The van der Waals surface area contributed by atoms with Crippen molar-refractivity contribution in [3.8, 4) is 5.75 Å². The van der Waals surface area contributed by atoms with Crippen LogP contribution in [0.5, 0.6) is 5.75 Å². The summed E-state index contributed by atoms with van der Waals surface area (Å²) in [6.45, 7) is 5.08. The number of quaternary nitrogens is 1. The minimum absolute atomic E-state index is 0.0894. The second-order valence-corrected chi connectivity index (χ2v) is 6.30. The number of aromatic nitrogens is 2. The molecule has 0 saturated heterocycles. The lowest BCUT2D eigenvalue weighted by atomic mass is 10.2. The van der Waals surface area contributed by atoms with Crippen molar-refractivity contribution in [2.75, 3.05) is 19.7 Å². The molecule has 0 aliphatic heterocycles. The maximum absolute atomic E-state index is 12.2. The molecule has 0 aliphatic carbocycles. The molecule has 3 aromatic rings. The standard InChI is InChI=1S/C19H20ClN3O2/c1-2-23(11-12-25-15-9-7-14(20)8-10-15)13-18-21-17-6-4-3-5-16(17)19(24)22-18/h3-10H,2,11-13H2,1H3,(H,21,22,24)/p+1. The number of halogens is 1. The van der Waals surface area contributed by atoms with E-state index in [1.54, 1.807) is 6.07 Å². The van der Waals surface area contributed by atoms with Gasteiger partial charge in [-0.1, -0.05) is 23.7 Å². The van der Waals surface area contributed by atoms with Crippen LogP contribution in [0, 0.1) is 0 Å². The fourth-order valence-electron chi connectivity index (χ4n) is 2.69. The summed E-state index contributed by atoms with van der Waals surface area (Å²) in [6.07, 6.45) is 0. The molecule has 0 radical (unpaired) electrons. The van der Waals surface area contributed by atoms with Gasteiger partial charge in [0.1, 0.15) is 25.4 Å². The van der Waals surface area contributed by atoms with Gasteiger partial charge in [-0.05, 0) is 43.3 Å². The van der Waals surface area contributed by atoms with E-state index < -0.39 is 0 Å². The quantitative estimate of drug-likeness (QED) is 0.679. The van der Waals surface area contributed by atoms with Gasteiger partial charge in [0.15, 0.2) is 5.82 Å². The van der Waals surface area contributed by atoms with Crippen LogP contribution < -0.4 is 15.2 Å². The zero-order valence-electron chi connectivity index (χ0n) is 14.1. The number of rotatable bonds is 7. The first-order valence-corrected chi connectivity index (χ1v) is 8.73. The van der Waals surface area contributed by atoms with E-state index >= 15 is 0 Å². The van der Waals surface area contributed by atoms with E-state index in [-0.39, 0.29) is 5.56 Å². The summed E-state index contributed by atoms with van der Waals surface area (Å²) >= 11 is 5.87. The maximum Gasteiger partial charge on any atom is 0.258 e. The zero-order valence-corrected chi connectivity index (χ0v) is 14.8. The van der Waals surface area contributed by atoms with Gasteiger partial charge >= 0.3 is 0 Å². The Bertz CT molecular complexity index is 893. The molecule has 1 heterocycles. The molecule has 0 fully saturated rings. The van der Waals surface area contributed by atoms with Crippen LogP contribution in [0.2, 0.25) is 5.02 Å². The van der Waals surface area contributed by atoms with Gasteiger partial charge in [0.05, 0.1) is 17.4 Å². The van der Waals surface area contributed by atoms with E-state index in [0.29, 0.717) is 29.4 Å². The van der Waals surface area contributed by atoms with Gasteiger partial charge in [0, 0.05) is 5.02 Å². The number of fused-ring (bicyclic) bond motifs is 1. The van der Waals surface area contributed by atoms with Crippen molar-refractivity contribution in [1.29, 1.82) is 0 Å². The summed E-state index contributed by atoms with van der Waals surface area (Å²) in [6, 6.07) is 14.7. The summed E-state index contributed by atoms with van der Waals surface area (Å²) in [4.78, 5) is 20.9. The van der Waals surface area contributed by atoms with E-state index in [4.69, 9.17) is 16.3 Å². The molecule has 130 valence electrons. The van der Waals surface area contributed by atoms with Crippen LogP contribution in [0.1, 0.15) is 12.7 Å². The average molecular weight is 359 g/mol. The molecular formula is C19H21ClN3O2+. The predicted molar refractivity (Wildman–Crippen MR) is 99.4 cm³/mol. The largest absolute Gasteiger partial charge is 0.488 e. The van der Waals surface area contributed by atoms with Crippen LogP contribution >= 0.6 is 11.6 Å². The summed E-state index contributed by atoms with van der Waals surface area (Å²) in [5.41, 5.74) is 0.641. The molecule has 2 aromatic carbocycles. The lowest BCUT2D eigenvalue weighted by molar-refractivity contribution is -0.912. The summed E-state index contributed by atoms with van der Waals surface area (Å²) in [5.74, 6) is 1.50. The molecule has 25 heavy (non-hydrogen) atoms. The zero-order chi connectivity index (χ0) is 17.6. The van der Waals surface area contributed by atoms with Crippen molar-refractivity contribution in [2.24, 2.45) is 0 Å². The maximum atomic E-state index is 12.2. The average Bonchev–Trinajstić information content (AvgIpc) is 2.62. The molecule has 2 N–H and O–H groups in total. The molecule has 1 unspecified atom stereocenters. The molecule has 0 aliphatic rings. The SMILES string of the molecule is CC[NH+](CCOc1ccc(Cl)cc1)Cc1nc2ccccc2c(=O)[nH]1. The van der Waals surface area contributed by atoms with Gasteiger partial charge in [-0.15, -0.1) is 0 Å². The third-order valence-corrected chi connectivity index (χ3v) is 4.37. The van der Waals surface area contributed by atoms with Gasteiger partial charge in [-0.25, -0.2) is 4.98 Å². The van der Waals surface area contributed by atoms with Crippen molar-refractivity contribution >= 4 is 22.5 Å². The number of para-hydroxylation sites is 1. The smallest absolute Gasteiger partial charge is 0.258 e. The Morgan fingerprint density at radius 3 is 2.68 bits per heavy atom. The lowest BCUT2D eigenvalue weighted by Gasteiger charge is -2.17. The Labute approximate surface area is 151 Å². The molecule has 0 bridgehead atoms. The summed E-state index contributed by atoms with van der Waals surface area (Å²) in [7, 11) is 0. The third-order valence-electron chi connectivity index (χ3n) is 4.12. The van der Waals surface area contributed by atoms with Crippen molar-refractivity contribution < 1.29 is 9.64 Å². The first-order valence-electron chi connectivity index (χ1n) is 8.35. The number of nitrogens with one attached hydrogen (secondary N) is 2. The van der Waals surface area contributed by atoms with E-state index in [0.717, 1.165) is 24.4 Å².